The van der Waals surface area contributed by atoms with Crippen LogP contribution in [-0.2, 0) is 11.4 Å². The summed E-state index contributed by atoms with van der Waals surface area (Å²) >= 11 is 2.73. The monoisotopic (exact) mass is 637 g/mol. The Hall–Kier alpha value is -5.26. The maximum absolute atomic E-state index is 13.9. The zero-order valence-corrected chi connectivity index (χ0v) is 25.9. The smallest absolute Gasteiger partial charge is 0.335 e. The number of carbonyl (C=O) groups is 2. The maximum atomic E-state index is 13.9. The normalized spacial score (nSPS) is 14.4. The molecule has 1 aliphatic rings. The molecule has 0 unspecified atom stereocenters. The number of rotatable bonds is 9. The van der Waals surface area contributed by atoms with Gasteiger partial charge in [0.15, 0.2) is 16.3 Å². The van der Waals surface area contributed by atoms with Crippen molar-refractivity contribution in [1.82, 2.24) is 4.57 Å². The van der Waals surface area contributed by atoms with Gasteiger partial charge in [-0.2, -0.15) is 0 Å². The zero-order valence-electron chi connectivity index (χ0n) is 24.2. The van der Waals surface area contributed by atoms with E-state index >= 15 is 0 Å². The van der Waals surface area contributed by atoms with E-state index in [0.29, 0.717) is 48.9 Å². The number of thiazole rings is 1. The number of methoxy groups -OCH3 is 1. The summed E-state index contributed by atoms with van der Waals surface area (Å²) < 4.78 is 13.5. The summed E-state index contributed by atoms with van der Waals surface area (Å²) in [5.41, 5.74) is 2.95. The fraction of sp³-hybridized carbons (Fsp3) is 0.118. The first-order valence-electron chi connectivity index (χ1n) is 13.9. The van der Waals surface area contributed by atoms with Crippen molar-refractivity contribution in [3.8, 4) is 11.5 Å². The van der Waals surface area contributed by atoms with Gasteiger partial charge in [0.05, 0.1) is 28.5 Å². The molecule has 1 amide bonds. The van der Waals surface area contributed by atoms with Gasteiger partial charge < -0.3 is 19.9 Å². The summed E-state index contributed by atoms with van der Waals surface area (Å²) in [5.74, 6) is -0.393. The first-order valence-corrected chi connectivity index (χ1v) is 15.6. The van der Waals surface area contributed by atoms with Crippen LogP contribution >= 0.6 is 22.7 Å². The highest BCUT2D eigenvalue weighted by atomic mass is 32.1. The fourth-order valence-electron chi connectivity index (χ4n) is 5.05. The molecule has 5 aromatic rings. The van der Waals surface area contributed by atoms with Crippen LogP contribution < -0.4 is 29.7 Å². The molecule has 3 aromatic carbocycles. The molecule has 0 fully saturated rings. The Morgan fingerprint density at radius 2 is 1.84 bits per heavy atom. The molecule has 0 bridgehead atoms. The number of anilines is 1. The number of aromatic carboxylic acids is 1. The van der Waals surface area contributed by atoms with E-state index in [1.165, 1.54) is 35.8 Å². The summed E-state index contributed by atoms with van der Waals surface area (Å²) in [7, 11) is 1.52. The number of aromatic nitrogens is 1. The third-order valence-corrected chi connectivity index (χ3v) is 9.07. The van der Waals surface area contributed by atoms with Crippen molar-refractivity contribution in [2.75, 3.05) is 12.4 Å². The first-order chi connectivity index (χ1) is 21.8. The molecule has 1 aliphatic heterocycles. The number of para-hydroxylation sites is 1. The van der Waals surface area contributed by atoms with Gasteiger partial charge in [-0.25, -0.2) is 9.79 Å². The lowest BCUT2D eigenvalue weighted by Crippen LogP contribution is -2.40. The average Bonchev–Trinajstić information content (AvgIpc) is 3.68. The molecular formula is C34H27N3O6S2. The Labute approximate surface area is 265 Å². The number of nitrogens with zero attached hydrogens (tertiary/aromatic N) is 2. The van der Waals surface area contributed by atoms with E-state index in [-0.39, 0.29) is 23.6 Å². The highest BCUT2D eigenvalue weighted by Crippen LogP contribution is 2.33. The molecular weight excluding hydrogens is 611 g/mol. The molecule has 0 spiro atoms. The second-order valence-electron chi connectivity index (χ2n) is 10.1. The number of allylic oxidation sites excluding steroid dienone is 1. The van der Waals surface area contributed by atoms with E-state index in [1.54, 1.807) is 47.9 Å². The molecule has 45 heavy (non-hydrogen) atoms. The summed E-state index contributed by atoms with van der Waals surface area (Å²) in [6.07, 6.45) is 1.76. The van der Waals surface area contributed by atoms with Gasteiger partial charge in [-0.1, -0.05) is 53.8 Å². The molecule has 6 rings (SSSR count). The van der Waals surface area contributed by atoms with Crippen LogP contribution in [0.25, 0.3) is 6.08 Å². The minimum atomic E-state index is -1.01. The molecule has 9 nitrogen and oxygen atoms in total. The minimum absolute atomic E-state index is 0.150. The van der Waals surface area contributed by atoms with Gasteiger partial charge >= 0.3 is 5.97 Å². The highest BCUT2D eigenvalue weighted by Gasteiger charge is 2.33. The standard InChI is InChI=1S/C34H27N3O6S2/c1-20-29(31(38)36-24-10-4-3-5-11-24)30(27-12-7-15-44-27)37-32(39)28(45-34(37)35-20)18-21-13-14-25(26(17-21)42-2)43-19-22-8-6-9-23(16-22)33(40)41/h3-18,30H,19H2,1-2H3,(H,36,38)(H,40,41)/b28-18-/t30-/m1/s1. The molecule has 0 radical (unpaired) electrons. The number of hydrogen-bond donors (Lipinski definition) is 2. The predicted molar refractivity (Wildman–Crippen MR) is 174 cm³/mol. The van der Waals surface area contributed by atoms with Crippen LogP contribution in [0.4, 0.5) is 5.69 Å². The van der Waals surface area contributed by atoms with Crippen molar-refractivity contribution in [3.63, 3.8) is 0 Å². The quantitative estimate of drug-likeness (QED) is 0.229. The van der Waals surface area contributed by atoms with Crippen molar-refractivity contribution >= 4 is 46.3 Å². The number of carboxylic acid groups (broad SMARTS) is 1. The number of nitrogens with one attached hydrogen (secondary N) is 1. The Kier molecular flexibility index (Phi) is 8.45. The van der Waals surface area contributed by atoms with Gasteiger partial charge in [0.1, 0.15) is 12.6 Å². The Morgan fingerprint density at radius 3 is 2.58 bits per heavy atom. The third-order valence-electron chi connectivity index (χ3n) is 7.16. The third kappa shape index (κ3) is 6.21. The number of hydrogen-bond acceptors (Lipinski definition) is 8. The minimum Gasteiger partial charge on any atom is -0.493 e. The second-order valence-corrected chi connectivity index (χ2v) is 12.1. The number of amides is 1. The van der Waals surface area contributed by atoms with Crippen molar-refractivity contribution in [2.45, 2.75) is 19.6 Å². The van der Waals surface area contributed by atoms with Gasteiger partial charge in [-0.3, -0.25) is 14.2 Å². The Morgan fingerprint density at radius 1 is 1.02 bits per heavy atom. The molecule has 2 aromatic heterocycles. The number of ether oxygens (including phenoxy) is 2. The van der Waals surface area contributed by atoms with Crippen LogP contribution in [0.1, 0.15) is 39.3 Å². The first kappa shape index (κ1) is 29.8. The van der Waals surface area contributed by atoms with Gasteiger partial charge in [-0.05, 0) is 72.0 Å². The average molecular weight is 638 g/mol. The summed E-state index contributed by atoms with van der Waals surface area (Å²) in [4.78, 5) is 44.9. The lowest BCUT2D eigenvalue weighted by Gasteiger charge is -2.24. The SMILES string of the molecule is COc1cc(/C=c2\sc3n(c2=O)[C@H](c2cccs2)C(C(=O)Nc2ccccc2)=C(C)N=3)ccc1OCc1cccc(C(=O)O)c1. The molecule has 11 heteroatoms. The summed E-state index contributed by atoms with van der Waals surface area (Å²) in [6, 6.07) is 24.2. The molecule has 2 N–H and O–H groups in total. The summed E-state index contributed by atoms with van der Waals surface area (Å²) in [5, 5.41) is 14.1. The number of benzene rings is 3. The topological polar surface area (TPSA) is 119 Å². The van der Waals surface area contributed by atoms with E-state index in [0.717, 1.165) is 4.88 Å². The van der Waals surface area contributed by atoms with Crippen molar-refractivity contribution < 1.29 is 24.2 Å². The molecule has 0 aliphatic carbocycles. The van der Waals surface area contributed by atoms with Crippen LogP contribution in [0.5, 0.6) is 11.5 Å². The zero-order chi connectivity index (χ0) is 31.5. The van der Waals surface area contributed by atoms with Crippen molar-refractivity contribution in [3.05, 3.63) is 143 Å². The van der Waals surface area contributed by atoms with Crippen LogP contribution in [0.3, 0.4) is 0 Å². The van der Waals surface area contributed by atoms with Crippen LogP contribution in [0, 0.1) is 0 Å². The Bertz CT molecular complexity index is 2110. The molecule has 0 saturated carbocycles. The van der Waals surface area contributed by atoms with E-state index in [1.807, 2.05) is 53.9 Å². The van der Waals surface area contributed by atoms with Crippen molar-refractivity contribution in [1.29, 1.82) is 0 Å². The van der Waals surface area contributed by atoms with Crippen LogP contribution in [0.15, 0.2) is 111 Å². The van der Waals surface area contributed by atoms with Crippen molar-refractivity contribution in [2.24, 2.45) is 4.99 Å². The van der Waals surface area contributed by atoms with Crippen LogP contribution in [0.2, 0.25) is 0 Å². The maximum Gasteiger partial charge on any atom is 0.335 e. The largest absolute Gasteiger partial charge is 0.493 e. The van der Waals surface area contributed by atoms with E-state index in [2.05, 4.69) is 5.32 Å². The molecule has 3 heterocycles. The number of carbonyl (C=O) groups excluding carboxylic acids is 1. The van der Waals surface area contributed by atoms with Gasteiger partial charge in [0.25, 0.3) is 11.5 Å². The number of fused-ring (bicyclic) bond motifs is 1. The summed E-state index contributed by atoms with van der Waals surface area (Å²) in [6.45, 7) is 1.94. The lowest BCUT2D eigenvalue weighted by molar-refractivity contribution is -0.113. The molecule has 226 valence electrons. The molecule has 0 saturated heterocycles. The van der Waals surface area contributed by atoms with Gasteiger partial charge in [-0.15, -0.1) is 11.3 Å². The van der Waals surface area contributed by atoms with Gasteiger partial charge in [0, 0.05) is 10.6 Å². The lowest BCUT2D eigenvalue weighted by atomic mass is 10.0. The van der Waals surface area contributed by atoms with E-state index in [9.17, 15) is 19.5 Å². The predicted octanol–water partition coefficient (Wildman–Crippen LogP) is 5.22. The second kappa shape index (κ2) is 12.8. The molecule has 1 atom stereocenters. The van der Waals surface area contributed by atoms with Gasteiger partial charge in [0.2, 0.25) is 0 Å². The highest BCUT2D eigenvalue weighted by molar-refractivity contribution is 7.10. The van der Waals surface area contributed by atoms with Crippen LogP contribution in [-0.4, -0.2) is 28.7 Å². The number of thiophene rings is 1. The fourth-order valence-corrected chi connectivity index (χ4v) is 6.92. The van der Waals surface area contributed by atoms with E-state index < -0.39 is 12.0 Å². The number of carboxylic acids is 1. The Balaban J connectivity index is 1.33. The van der Waals surface area contributed by atoms with E-state index in [4.69, 9.17) is 14.5 Å².